The third-order valence-corrected chi connectivity index (χ3v) is 3.41. The van der Waals surface area contributed by atoms with E-state index in [0.717, 1.165) is 11.6 Å². The molecule has 0 saturated carbocycles. The van der Waals surface area contributed by atoms with Gasteiger partial charge in [-0.2, -0.15) is 5.10 Å². The van der Waals surface area contributed by atoms with Crippen molar-refractivity contribution in [2.75, 3.05) is 5.73 Å². The fourth-order valence-corrected chi connectivity index (χ4v) is 2.31. The van der Waals surface area contributed by atoms with Crippen molar-refractivity contribution < 1.29 is 13.2 Å². The maximum atomic E-state index is 14.1. The molecule has 6 heteroatoms. The average molecular weight is 289 g/mol. The molecule has 2 aromatic heterocycles. The molecule has 0 aliphatic carbocycles. The van der Waals surface area contributed by atoms with Crippen LogP contribution in [0.1, 0.15) is 5.76 Å². The lowest BCUT2D eigenvalue weighted by molar-refractivity contribution is 0.535. The number of aryl methyl sites for hydroxylation is 2. The molecule has 0 spiro atoms. The van der Waals surface area contributed by atoms with E-state index in [9.17, 15) is 8.78 Å². The van der Waals surface area contributed by atoms with Gasteiger partial charge >= 0.3 is 0 Å². The molecule has 3 aromatic rings. The molecule has 4 nitrogen and oxygen atoms in total. The molecule has 0 saturated heterocycles. The number of halogens is 2. The Morgan fingerprint density at radius 1 is 1.19 bits per heavy atom. The second-order valence-electron chi connectivity index (χ2n) is 4.75. The molecule has 1 aromatic carbocycles. The van der Waals surface area contributed by atoms with E-state index in [2.05, 4.69) is 5.10 Å². The number of nitrogens with two attached hydrogens (primary N) is 1. The highest BCUT2D eigenvalue weighted by Gasteiger charge is 2.22. The normalized spacial score (nSPS) is 11.0. The summed E-state index contributed by atoms with van der Waals surface area (Å²) in [6, 6.07) is 5.11. The van der Waals surface area contributed by atoms with Crippen LogP contribution in [-0.2, 0) is 7.05 Å². The van der Waals surface area contributed by atoms with Crippen molar-refractivity contribution in [1.29, 1.82) is 0 Å². The Kier molecular flexibility index (Phi) is 3.01. The molecule has 0 aliphatic rings. The quantitative estimate of drug-likeness (QED) is 0.785. The molecule has 0 unspecified atom stereocenters. The van der Waals surface area contributed by atoms with E-state index in [1.807, 2.05) is 0 Å². The van der Waals surface area contributed by atoms with E-state index in [-0.39, 0.29) is 5.56 Å². The molecule has 0 aliphatic heterocycles. The molecule has 0 bridgehead atoms. The van der Waals surface area contributed by atoms with E-state index >= 15 is 0 Å². The maximum absolute atomic E-state index is 14.1. The summed E-state index contributed by atoms with van der Waals surface area (Å²) < 4.78 is 33.9. The summed E-state index contributed by atoms with van der Waals surface area (Å²) in [6.45, 7) is 1.78. The van der Waals surface area contributed by atoms with Gasteiger partial charge in [0.1, 0.15) is 28.9 Å². The molecular formula is C15H13F2N3O. The zero-order valence-corrected chi connectivity index (χ0v) is 11.5. The average Bonchev–Trinajstić information content (AvgIpc) is 2.96. The van der Waals surface area contributed by atoms with Gasteiger partial charge in [0.2, 0.25) is 0 Å². The highest BCUT2D eigenvalue weighted by atomic mass is 19.1. The van der Waals surface area contributed by atoms with Crippen LogP contribution in [0.3, 0.4) is 0 Å². The van der Waals surface area contributed by atoms with Crippen molar-refractivity contribution in [2.24, 2.45) is 7.05 Å². The fourth-order valence-electron chi connectivity index (χ4n) is 2.31. The van der Waals surface area contributed by atoms with Gasteiger partial charge in [-0.25, -0.2) is 8.78 Å². The van der Waals surface area contributed by atoms with Crippen molar-refractivity contribution in [3.8, 4) is 22.4 Å². The Morgan fingerprint density at radius 3 is 2.57 bits per heavy atom. The second kappa shape index (κ2) is 4.73. The second-order valence-corrected chi connectivity index (χ2v) is 4.75. The Morgan fingerprint density at radius 2 is 1.95 bits per heavy atom. The van der Waals surface area contributed by atoms with Crippen LogP contribution in [0, 0.1) is 18.6 Å². The minimum Gasteiger partial charge on any atom is -0.469 e. The number of nitrogen functional groups attached to an aromatic ring is 1. The smallest absolute Gasteiger partial charge is 0.134 e. The molecule has 2 heterocycles. The number of hydrogen-bond acceptors (Lipinski definition) is 3. The number of benzene rings is 1. The summed E-state index contributed by atoms with van der Waals surface area (Å²) in [6.07, 6.45) is 1.53. The molecule has 0 atom stereocenters. The number of rotatable bonds is 2. The van der Waals surface area contributed by atoms with Gasteiger partial charge < -0.3 is 10.2 Å². The standard InChI is InChI=1S/C15H13F2N3O/c1-8-10(5-6-21-8)14-13(15(18)20(2)19-14)11-4-3-9(16)7-12(11)17/h3-7H,18H2,1-2H3. The summed E-state index contributed by atoms with van der Waals surface area (Å²) in [7, 11) is 1.67. The molecule has 3 rings (SSSR count). The molecule has 0 amide bonds. The summed E-state index contributed by atoms with van der Waals surface area (Å²) >= 11 is 0. The van der Waals surface area contributed by atoms with Crippen molar-refractivity contribution in [3.63, 3.8) is 0 Å². The predicted octanol–water partition coefficient (Wildman–Crippen LogP) is 3.52. The van der Waals surface area contributed by atoms with Crippen LogP contribution in [0.25, 0.3) is 22.4 Å². The summed E-state index contributed by atoms with van der Waals surface area (Å²) in [5.74, 6) is -0.371. The van der Waals surface area contributed by atoms with E-state index in [0.29, 0.717) is 22.8 Å². The lowest BCUT2D eigenvalue weighted by atomic mass is 10.0. The first-order chi connectivity index (χ1) is 9.99. The summed E-state index contributed by atoms with van der Waals surface area (Å²) in [4.78, 5) is 0. The van der Waals surface area contributed by atoms with Gasteiger partial charge in [0, 0.05) is 24.2 Å². The monoisotopic (exact) mass is 289 g/mol. The largest absolute Gasteiger partial charge is 0.469 e. The molecule has 0 radical (unpaired) electrons. The number of aromatic nitrogens is 2. The van der Waals surface area contributed by atoms with Gasteiger partial charge in [0.15, 0.2) is 0 Å². The van der Waals surface area contributed by atoms with Crippen LogP contribution >= 0.6 is 0 Å². The Bertz CT molecular complexity index is 820. The predicted molar refractivity (Wildman–Crippen MR) is 75.4 cm³/mol. The topological polar surface area (TPSA) is 57.0 Å². The highest BCUT2D eigenvalue weighted by molar-refractivity contribution is 5.88. The SMILES string of the molecule is Cc1occc1-c1nn(C)c(N)c1-c1ccc(F)cc1F. The molecule has 21 heavy (non-hydrogen) atoms. The molecular weight excluding hydrogens is 276 g/mol. The third-order valence-electron chi connectivity index (χ3n) is 3.41. The van der Waals surface area contributed by atoms with Gasteiger partial charge in [-0.1, -0.05) is 0 Å². The van der Waals surface area contributed by atoms with E-state index in [1.165, 1.54) is 23.1 Å². The Balaban J connectivity index is 2.30. The van der Waals surface area contributed by atoms with E-state index in [4.69, 9.17) is 10.2 Å². The first-order valence-corrected chi connectivity index (χ1v) is 6.31. The van der Waals surface area contributed by atoms with Crippen molar-refractivity contribution in [3.05, 3.63) is 47.9 Å². The third kappa shape index (κ3) is 2.08. The maximum Gasteiger partial charge on any atom is 0.134 e. The van der Waals surface area contributed by atoms with Crippen molar-refractivity contribution in [1.82, 2.24) is 9.78 Å². The van der Waals surface area contributed by atoms with Crippen molar-refractivity contribution >= 4 is 5.82 Å². The summed E-state index contributed by atoms with van der Waals surface area (Å²) in [5.41, 5.74) is 7.87. The van der Waals surface area contributed by atoms with Gasteiger partial charge in [0.25, 0.3) is 0 Å². The minimum atomic E-state index is -0.683. The molecule has 2 N–H and O–H groups in total. The number of anilines is 1. The van der Waals surface area contributed by atoms with Crippen LogP contribution in [0.4, 0.5) is 14.6 Å². The van der Waals surface area contributed by atoms with Gasteiger partial charge in [-0.05, 0) is 25.1 Å². The number of nitrogens with zero attached hydrogens (tertiary/aromatic N) is 2. The Hall–Kier alpha value is -2.63. The number of furan rings is 1. The van der Waals surface area contributed by atoms with Crippen LogP contribution in [0.5, 0.6) is 0 Å². The zero-order chi connectivity index (χ0) is 15.1. The zero-order valence-electron chi connectivity index (χ0n) is 11.5. The van der Waals surface area contributed by atoms with Gasteiger partial charge in [-0.15, -0.1) is 0 Å². The number of hydrogen-bond donors (Lipinski definition) is 1. The van der Waals surface area contributed by atoms with Crippen LogP contribution in [0.2, 0.25) is 0 Å². The van der Waals surface area contributed by atoms with Gasteiger partial charge in [0.05, 0.1) is 11.8 Å². The highest BCUT2D eigenvalue weighted by Crippen LogP contribution is 2.38. The van der Waals surface area contributed by atoms with E-state index < -0.39 is 11.6 Å². The van der Waals surface area contributed by atoms with Gasteiger partial charge in [-0.3, -0.25) is 4.68 Å². The van der Waals surface area contributed by atoms with Crippen LogP contribution in [-0.4, -0.2) is 9.78 Å². The van der Waals surface area contributed by atoms with Crippen LogP contribution < -0.4 is 5.73 Å². The lowest BCUT2D eigenvalue weighted by Gasteiger charge is -2.05. The summed E-state index contributed by atoms with van der Waals surface area (Å²) in [5, 5.41) is 4.32. The minimum absolute atomic E-state index is 0.206. The van der Waals surface area contributed by atoms with Crippen LogP contribution in [0.15, 0.2) is 34.9 Å². The first-order valence-electron chi connectivity index (χ1n) is 6.31. The lowest BCUT2D eigenvalue weighted by Crippen LogP contribution is -1.98. The Labute approximate surface area is 119 Å². The molecule has 0 fully saturated rings. The first kappa shape index (κ1) is 13.4. The molecule has 108 valence electrons. The van der Waals surface area contributed by atoms with E-state index in [1.54, 1.807) is 20.0 Å². The fraction of sp³-hybridized carbons (Fsp3) is 0.133. The van der Waals surface area contributed by atoms with Crippen molar-refractivity contribution in [2.45, 2.75) is 6.92 Å².